The van der Waals surface area contributed by atoms with E-state index >= 15 is 0 Å². The minimum absolute atomic E-state index is 0.123. The van der Waals surface area contributed by atoms with Gasteiger partial charge in [0.25, 0.3) is 5.91 Å². The van der Waals surface area contributed by atoms with Crippen LogP contribution in [-0.4, -0.2) is 42.0 Å². The number of amides is 1. The van der Waals surface area contributed by atoms with Gasteiger partial charge in [-0.2, -0.15) is 0 Å². The van der Waals surface area contributed by atoms with Crippen molar-refractivity contribution in [2.45, 2.75) is 19.8 Å². The summed E-state index contributed by atoms with van der Waals surface area (Å²) in [6.45, 7) is 7.69. The number of benzene rings is 2. The van der Waals surface area contributed by atoms with Gasteiger partial charge >= 0.3 is 0 Å². The van der Waals surface area contributed by atoms with Gasteiger partial charge in [0.2, 0.25) is 0 Å². The van der Waals surface area contributed by atoms with Gasteiger partial charge in [-0.25, -0.2) is 0 Å². The molecule has 1 aliphatic rings. The van der Waals surface area contributed by atoms with Crippen molar-refractivity contribution < 1.29 is 4.79 Å². The number of hydrogen-bond donors (Lipinski definition) is 1. The zero-order valence-corrected chi connectivity index (χ0v) is 15.4. The molecule has 4 nitrogen and oxygen atoms in total. The second-order valence-electron chi connectivity index (χ2n) is 7.28. The third-order valence-corrected chi connectivity index (χ3v) is 5.29. The van der Waals surface area contributed by atoms with E-state index < -0.39 is 0 Å². The average molecular weight is 347 g/mol. The van der Waals surface area contributed by atoms with Crippen molar-refractivity contribution in [2.24, 2.45) is 0 Å². The summed E-state index contributed by atoms with van der Waals surface area (Å²) >= 11 is 0. The Morgan fingerprint density at radius 3 is 2.54 bits per heavy atom. The number of aromatic amines is 1. The Morgan fingerprint density at radius 2 is 1.77 bits per heavy atom. The number of anilines is 1. The highest BCUT2D eigenvalue weighted by Gasteiger charge is 2.24. The molecule has 0 unspecified atom stereocenters. The number of aromatic nitrogens is 1. The van der Waals surface area contributed by atoms with Gasteiger partial charge < -0.3 is 14.8 Å². The Bertz CT molecular complexity index is 920. The molecule has 1 amide bonds. The zero-order chi connectivity index (χ0) is 18.1. The summed E-state index contributed by atoms with van der Waals surface area (Å²) in [5.41, 5.74) is 4.41. The van der Waals surface area contributed by atoms with E-state index in [0.29, 0.717) is 5.92 Å². The number of carbonyl (C=O) groups excluding carboxylic acids is 1. The first kappa shape index (κ1) is 16.7. The van der Waals surface area contributed by atoms with Gasteiger partial charge in [-0.15, -0.1) is 0 Å². The van der Waals surface area contributed by atoms with Gasteiger partial charge in [0.15, 0.2) is 0 Å². The predicted octanol–water partition coefficient (Wildman–Crippen LogP) is 4.25. The van der Waals surface area contributed by atoms with Crippen molar-refractivity contribution in [3.8, 4) is 0 Å². The van der Waals surface area contributed by atoms with Crippen molar-refractivity contribution in [2.75, 3.05) is 31.1 Å². The molecule has 1 N–H and O–H groups in total. The van der Waals surface area contributed by atoms with Gasteiger partial charge in [-0.3, -0.25) is 4.79 Å². The Kier molecular flexibility index (Phi) is 4.41. The number of hydrogen-bond acceptors (Lipinski definition) is 2. The minimum atomic E-state index is 0.123. The Balaban J connectivity index is 1.46. The highest BCUT2D eigenvalue weighted by molar-refractivity contribution is 6.06. The van der Waals surface area contributed by atoms with E-state index in [1.165, 1.54) is 11.3 Å². The molecule has 3 aromatic rings. The lowest BCUT2D eigenvalue weighted by molar-refractivity contribution is 0.0749. The van der Waals surface area contributed by atoms with E-state index in [-0.39, 0.29) is 5.91 Å². The molecule has 26 heavy (non-hydrogen) atoms. The Hall–Kier alpha value is -2.75. The topological polar surface area (TPSA) is 39.3 Å². The van der Waals surface area contributed by atoms with Crippen LogP contribution in [0.2, 0.25) is 0 Å². The zero-order valence-electron chi connectivity index (χ0n) is 15.4. The molecule has 1 aromatic heterocycles. The standard InChI is InChI=1S/C22H25N3O/c1-16(2)17-6-5-7-18(14-17)24-10-12-25(13-11-24)22(26)20-15-23-21-9-4-3-8-19(20)21/h3-9,14-16,23H,10-13H2,1-2H3. The molecule has 0 bridgehead atoms. The molecular formula is C22H25N3O. The van der Waals surface area contributed by atoms with E-state index in [4.69, 9.17) is 0 Å². The number of rotatable bonds is 3. The van der Waals surface area contributed by atoms with E-state index in [0.717, 1.165) is 42.6 Å². The Morgan fingerprint density at radius 1 is 1.00 bits per heavy atom. The van der Waals surface area contributed by atoms with Crippen LogP contribution in [0.15, 0.2) is 54.7 Å². The molecule has 4 rings (SSSR count). The fraction of sp³-hybridized carbons (Fsp3) is 0.318. The highest BCUT2D eigenvalue weighted by Crippen LogP contribution is 2.24. The maximum Gasteiger partial charge on any atom is 0.256 e. The first-order valence-electron chi connectivity index (χ1n) is 9.34. The monoisotopic (exact) mass is 347 g/mol. The fourth-order valence-electron chi connectivity index (χ4n) is 3.67. The molecule has 1 saturated heterocycles. The second kappa shape index (κ2) is 6.87. The van der Waals surface area contributed by atoms with E-state index in [9.17, 15) is 4.79 Å². The summed E-state index contributed by atoms with van der Waals surface area (Å²) in [5.74, 6) is 0.651. The van der Waals surface area contributed by atoms with Crippen molar-refractivity contribution in [1.29, 1.82) is 0 Å². The van der Waals surface area contributed by atoms with Crippen LogP contribution in [0, 0.1) is 0 Å². The van der Waals surface area contributed by atoms with Crippen LogP contribution in [0.4, 0.5) is 5.69 Å². The number of carbonyl (C=O) groups is 1. The molecule has 4 heteroatoms. The molecule has 0 aliphatic carbocycles. The molecule has 1 fully saturated rings. The molecule has 2 heterocycles. The molecular weight excluding hydrogens is 322 g/mol. The quantitative estimate of drug-likeness (QED) is 0.769. The summed E-state index contributed by atoms with van der Waals surface area (Å²) in [4.78, 5) is 20.5. The first-order valence-corrected chi connectivity index (χ1v) is 9.34. The van der Waals surface area contributed by atoms with Crippen molar-refractivity contribution in [1.82, 2.24) is 9.88 Å². The van der Waals surface area contributed by atoms with Crippen LogP contribution in [0.25, 0.3) is 10.9 Å². The molecule has 0 radical (unpaired) electrons. The number of piperazine rings is 1. The highest BCUT2D eigenvalue weighted by atomic mass is 16.2. The van der Waals surface area contributed by atoms with E-state index in [1.54, 1.807) is 0 Å². The summed E-state index contributed by atoms with van der Waals surface area (Å²) in [6, 6.07) is 16.7. The Labute approximate surface area is 154 Å². The maximum absolute atomic E-state index is 12.9. The summed E-state index contributed by atoms with van der Waals surface area (Å²) in [5, 5.41) is 1.00. The van der Waals surface area contributed by atoms with Crippen molar-refractivity contribution >= 4 is 22.5 Å². The predicted molar refractivity (Wildman–Crippen MR) is 107 cm³/mol. The number of para-hydroxylation sites is 1. The van der Waals surface area contributed by atoms with E-state index in [2.05, 4.69) is 48.0 Å². The maximum atomic E-state index is 12.9. The lowest BCUT2D eigenvalue weighted by Gasteiger charge is -2.36. The van der Waals surface area contributed by atoms with Crippen LogP contribution in [0.3, 0.4) is 0 Å². The molecule has 0 saturated carbocycles. The molecule has 1 aliphatic heterocycles. The number of nitrogens with one attached hydrogen (secondary N) is 1. The largest absolute Gasteiger partial charge is 0.368 e. The number of H-pyrrole nitrogens is 1. The minimum Gasteiger partial charge on any atom is -0.368 e. The lowest BCUT2D eigenvalue weighted by Crippen LogP contribution is -2.48. The summed E-state index contributed by atoms with van der Waals surface area (Å²) in [6.07, 6.45) is 1.84. The third kappa shape index (κ3) is 3.07. The number of fused-ring (bicyclic) bond motifs is 1. The van der Waals surface area contributed by atoms with Crippen molar-refractivity contribution in [3.05, 3.63) is 65.9 Å². The third-order valence-electron chi connectivity index (χ3n) is 5.29. The van der Waals surface area contributed by atoms with Crippen LogP contribution in [-0.2, 0) is 0 Å². The number of nitrogens with zero attached hydrogens (tertiary/aromatic N) is 2. The smallest absolute Gasteiger partial charge is 0.256 e. The molecule has 0 spiro atoms. The summed E-state index contributed by atoms with van der Waals surface area (Å²) in [7, 11) is 0. The van der Waals surface area contributed by atoms with Gasteiger partial charge in [0.1, 0.15) is 0 Å². The van der Waals surface area contributed by atoms with Gasteiger partial charge in [0, 0.05) is 49.0 Å². The first-order chi connectivity index (χ1) is 12.6. The van der Waals surface area contributed by atoms with Crippen LogP contribution >= 0.6 is 0 Å². The van der Waals surface area contributed by atoms with Crippen molar-refractivity contribution in [3.63, 3.8) is 0 Å². The SMILES string of the molecule is CC(C)c1cccc(N2CCN(C(=O)c3c[nH]c4ccccc34)CC2)c1. The fourth-order valence-corrected chi connectivity index (χ4v) is 3.67. The van der Waals surface area contributed by atoms with Crippen LogP contribution in [0.1, 0.15) is 35.7 Å². The lowest BCUT2D eigenvalue weighted by atomic mass is 10.0. The average Bonchev–Trinajstić information content (AvgIpc) is 3.12. The molecule has 0 atom stereocenters. The molecule has 134 valence electrons. The van der Waals surface area contributed by atoms with E-state index in [1.807, 2.05) is 35.4 Å². The van der Waals surface area contributed by atoms with Crippen LogP contribution in [0.5, 0.6) is 0 Å². The normalized spacial score (nSPS) is 15.0. The molecule has 2 aromatic carbocycles. The van der Waals surface area contributed by atoms with Gasteiger partial charge in [0.05, 0.1) is 5.56 Å². The second-order valence-corrected chi connectivity index (χ2v) is 7.28. The summed E-state index contributed by atoms with van der Waals surface area (Å²) < 4.78 is 0. The van der Waals surface area contributed by atoms with Gasteiger partial charge in [-0.1, -0.05) is 44.2 Å². The van der Waals surface area contributed by atoms with Gasteiger partial charge in [-0.05, 0) is 29.7 Å². The van der Waals surface area contributed by atoms with Crippen LogP contribution < -0.4 is 4.90 Å².